The summed E-state index contributed by atoms with van der Waals surface area (Å²) in [7, 11) is 0. The summed E-state index contributed by atoms with van der Waals surface area (Å²) in [5, 5.41) is 7.74. The van der Waals surface area contributed by atoms with Gasteiger partial charge in [-0.2, -0.15) is 5.10 Å². The molecular weight excluding hydrogens is 400 g/mol. The molecule has 0 bridgehead atoms. The van der Waals surface area contributed by atoms with E-state index in [9.17, 15) is 4.79 Å². The van der Waals surface area contributed by atoms with Crippen molar-refractivity contribution in [3.05, 3.63) is 82.1 Å². The van der Waals surface area contributed by atoms with E-state index in [4.69, 9.17) is 16.3 Å². The SMILES string of the molecule is Cc1nn(Cc2ccccc2)c(Cl)c1C(=O)Nc1ccc(CN2CCOCC2)cc1. The van der Waals surface area contributed by atoms with Crippen LogP contribution in [0.2, 0.25) is 5.15 Å². The third-order valence-corrected chi connectivity index (χ3v) is 5.57. The number of carbonyl (C=O) groups is 1. The Morgan fingerprint density at radius 1 is 1.03 bits per heavy atom. The second-order valence-electron chi connectivity index (χ2n) is 7.43. The Morgan fingerprint density at radius 2 is 1.70 bits per heavy atom. The van der Waals surface area contributed by atoms with Crippen LogP contribution < -0.4 is 5.32 Å². The van der Waals surface area contributed by atoms with Crippen molar-refractivity contribution in [3.8, 4) is 0 Å². The van der Waals surface area contributed by atoms with Gasteiger partial charge in [0.1, 0.15) is 5.15 Å². The van der Waals surface area contributed by atoms with Crippen LogP contribution in [0.5, 0.6) is 0 Å². The highest BCUT2D eigenvalue weighted by molar-refractivity contribution is 6.33. The van der Waals surface area contributed by atoms with Crippen molar-refractivity contribution in [1.82, 2.24) is 14.7 Å². The van der Waals surface area contributed by atoms with Crippen LogP contribution in [-0.2, 0) is 17.8 Å². The van der Waals surface area contributed by atoms with Crippen LogP contribution in [0.3, 0.4) is 0 Å². The van der Waals surface area contributed by atoms with Gasteiger partial charge in [-0.05, 0) is 30.2 Å². The lowest BCUT2D eigenvalue weighted by molar-refractivity contribution is 0.0342. The third kappa shape index (κ3) is 4.90. The van der Waals surface area contributed by atoms with E-state index in [1.807, 2.05) is 54.6 Å². The summed E-state index contributed by atoms with van der Waals surface area (Å²) in [6.45, 7) is 6.66. The molecule has 0 unspecified atom stereocenters. The Kier molecular flexibility index (Phi) is 6.47. The van der Waals surface area contributed by atoms with Crippen LogP contribution in [-0.4, -0.2) is 46.9 Å². The molecule has 1 saturated heterocycles. The quantitative estimate of drug-likeness (QED) is 0.650. The molecule has 6 nitrogen and oxygen atoms in total. The smallest absolute Gasteiger partial charge is 0.260 e. The zero-order valence-electron chi connectivity index (χ0n) is 17.0. The minimum absolute atomic E-state index is 0.252. The van der Waals surface area contributed by atoms with Crippen LogP contribution in [0.4, 0.5) is 5.69 Å². The van der Waals surface area contributed by atoms with E-state index in [0.29, 0.717) is 23.0 Å². The normalized spacial score (nSPS) is 14.6. The Labute approximate surface area is 181 Å². The van der Waals surface area contributed by atoms with E-state index in [0.717, 1.165) is 44.1 Å². The number of anilines is 1. The average Bonchev–Trinajstić information content (AvgIpc) is 3.04. The standard InChI is InChI=1S/C23H25ClN4O2/c1-17-21(22(24)28(26-17)16-18-5-3-2-4-6-18)23(29)25-20-9-7-19(8-10-20)15-27-11-13-30-14-12-27/h2-10H,11-16H2,1H3,(H,25,29). The van der Waals surface area contributed by atoms with Crippen LogP contribution in [0.25, 0.3) is 0 Å². The number of amides is 1. The molecule has 1 aromatic heterocycles. The topological polar surface area (TPSA) is 59.4 Å². The Balaban J connectivity index is 1.42. The molecule has 2 heterocycles. The second-order valence-corrected chi connectivity index (χ2v) is 7.79. The summed E-state index contributed by atoms with van der Waals surface area (Å²) < 4.78 is 7.05. The van der Waals surface area contributed by atoms with E-state index >= 15 is 0 Å². The third-order valence-electron chi connectivity index (χ3n) is 5.19. The number of hydrogen-bond acceptors (Lipinski definition) is 4. The number of morpholine rings is 1. The molecule has 4 rings (SSSR count). The van der Waals surface area contributed by atoms with Gasteiger partial charge in [0.05, 0.1) is 31.0 Å². The molecule has 156 valence electrons. The number of carbonyl (C=O) groups excluding carboxylic acids is 1. The Morgan fingerprint density at radius 3 is 2.40 bits per heavy atom. The van der Waals surface area contributed by atoms with Crippen molar-refractivity contribution in [2.24, 2.45) is 0 Å². The summed E-state index contributed by atoms with van der Waals surface area (Å²) in [6, 6.07) is 17.8. The summed E-state index contributed by atoms with van der Waals surface area (Å²) in [4.78, 5) is 15.2. The van der Waals surface area contributed by atoms with Crippen LogP contribution in [0.1, 0.15) is 27.2 Å². The molecule has 0 saturated carbocycles. The molecular formula is C23H25ClN4O2. The van der Waals surface area contributed by atoms with Crippen molar-refractivity contribution in [3.63, 3.8) is 0 Å². The molecule has 1 fully saturated rings. The minimum Gasteiger partial charge on any atom is -0.379 e. The van der Waals surface area contributed by atoms with Crippen molar-refractivity contribution < 1.29 is 9.53 Å². The van der Waals surface area contributed by atoms with Gasteiger partial charge in [-0.25, -0.2) is 4.68 Å². The summed E-state index contributed by atoms with van der Waals surface area (Å²) in [6.07, 6.45) is 0. The first-order valence-electron chi connectivity index (χ1n) is 10.1. The van der Waals surface area contributed by atoms with Gasteiger partial charge in [0, 0.05) is 25.3 Å². The number of aryl methyl sites for hydroxylation is 1. The van der Waals surface area contributed by atoms with E-state index in [1.54, 1.807) is 11.6 Å². The number of aromatic nitrogens is 2. The van der Waals surface area contributed by atoms with Gasteiger partial charge in [0.15, 0.2) is 0 Å². The van der Waals surface area contributed by atoms with Crippen LogP contribution in [0, 0.1) is 6.92 Å². The lowest BCUT2D eigenvalue weighted by Crippen LogP contribution is -2.35. The first kappa shape index (κ1) is 20.6. The predicted octanol–water partition coefficient (Wildman–Crippen LogP) is 3.98. The largest absolute Gasteiger partial charge is 0.379 e. The molecule has 1 amide bonds. The predicted molar refractivity (Wildman–Crippen MR) is 118 cm³/mol. The molecule has 0 aliphatic carbocycles. The summed E-state index contributed by atoms with van der Waals surface area (Å²) in [5.41, 5.74) is 4.03. The summed E-state index contributed by atoms with van der Waals surface area (Å²) in [5.74, 6) is -0.252. The fourth-order valence-electron chi connectivity index (χ4n) is 3.58. The number of halogens is 1. The first-order valence-corrected chi connectivity index (χ1v) is 10.4. The van der Waals surface area contributed by atoms with Gasteiger partial charge in [0.2, 0.25) is 0 Å². The maximum absolute atomic E-state index is 12.9. The van der Waals surface area contributed by atoms with Crippen LogP contribution in [0.15, 0.2) is 54.6 Å². The number of nitrogens with zero attached hydrogens (tertiary/aromatic N) is 3. The van der Waals surface area contributed by atoms with Crippen molar-refractivity contribution in [1.29, 1.82) is 0 Å². The van der Waals surface area contributed by atoms with Gasteiger partial charge in [-0.3, -0.25) is 9.69 Å². The number of hydrogen-bond donors (Lipinski definition) is 1. The molecule has 7 heteroatoms. The molecule has 1 aliphatic rings. The van der Waals surface area contributed by atoms with Gasteiger partial charge in [-0.15, -0.1) is 0 Å². The lowest BCUT2D eigenvalue weighted by Gasteiger charge is -2.26. The van der Waals surface area contributed by atoms with Gasteiger partial charge in [-0.1, -0.05) is 54.1 Å². The van der Waals surface area contributed by atoms with E-state index < -0.39 is 0 Å². The molecule has 30 heavy (non-hydrogen) atoms. The number of ether oxygens (including phenoxy) is 1. The fourth-order valence-corrected chi connectivity index (χ4v) is 3.90. The molecule has 2 aromatic carbocycles. The second kappa shape index (κ2) is 9.43. The number of nitrogens with one attached hydrogen (secondary N) is 1. The number of benzene rings is 2. The average molecular weight is 425 g/mol. The molecule has 3 aromatic rings. The zero-order chi connectivity index (χ0) is 20.9. The van der Waals surface area contributed by atoms with Gasteiger partial charge >= 0.3 is 0 Å². The van der Waals surface area contributed by atoms with E-state index in [1.165, 1.54) is 5.56 Å². The van der Waals surface area contributed by atoms with Crippen molar-refractivity contribution >= 4 is 23.2 Å². The molecule has 0 spiro atoms. The minimum atomic E-state index is -0.252. The Bertz CT molecular complexity index is 996. The molecule has 0 radical (unpaired) electrons. The summed E-state index contributed by atoms with van der Waals surface area (Å²) >= 11 is 6.50. The maximum Gasteiger partial charge on any atom is 0.260 e. The highest BCUT2D eigenvalue weighted by atomic mass is 35.5. The highest BCUT2D eigenvalue weighted by Gasteiger charge is 2.20. The fraction of sp³-hybridized carbons (Fsp3) is 0.304. The van der Waals surface area contributed by atoms with E-state index in [-0.39, 0.29) is 5.91 Å². The molecule has 1 aliphatic heterocycles. The number of rotatable bonds is 6. The van der Waals surface area contributed by atoms with E-state index in [2.05, 4.69) is 15.3 Å². The maximum atomic E-state index is 12.9. The Hall–Kier alpha value is -2.67. The first-order chi connectivity index (χ1) is 14.6. The van der Waals surface area contributed by atoms with Crippen molar-refractivity contribution in [2.45, 2.75) is 20.0 Å². The van der Waals surface area contributed by atoms with Crippen LogP contribution >= 0.6 is 11.6 Å². The highest BCUT2D eigenvalue weighted by Crippen LogP contribution is 2.23. The van der Waals surface area contributed by atoms with Gasteiger partial charge in [0.25, 0.3) is 5.91 Å². The monoisotopic (exact) mass is 424 g/mol. The zero-order valence-corrected chi connectivity index (χ0v) is 17.7. The lowest BCUT2D eigenvalue weighted by atomic mass is 10.1. The molecule has 0 atom stereocenters. The van der Waals surface area contributed by atoms with Gasteiger partial charge < -0.3 is 10.1 Å². The molecule has 1 N–H and O–H groups in total. The van der Waals surface area contributed by atoms with Crippen molar-refractivity contribution in [2.75, 3.05) is 31.6 Å².